The third-order valence-corrected chi connectivity index (χ3v) is 8.04. The second-order valence-corrected chi connectivity index (χ2v) is 9.03. The Kier molecular flexibility index (Phi) is 6.62. The van der Waals surface area contributed by atoms with Gasteiger partial charge in [-0.25, -0.2) is 35.1 Å². The minimum absolute atomic E-state index is 1.43. The first-order valence-corrected chi connectivity index (χ1v) is 10.5. The van der Waals surface area contributed by atoms with Gasteiger partial charge in [0.15, 0.2) is 46.5 Å². The monoisotopic (exact) mass is 476 g/mol. The number of hydrogen-bond acceptors (Lipinski definition) is 4. The number of halogens is 8. The van der Waals surface area contributed by atoms with Crippen molar-refractivity contribution >= 4 is 57.8 Å². The van der Waals surface area contributed by atoms with Crippen LogP contribution in [0.5, 0.6) is 0 Å². The van der Waals surface area contributed by atoms with Gasteiger partial charge in [-0.3, -0.25) is 0 Å². The van der Waals surface area contributed by atoms with E-state index in [1.807, 2.05) is 47.0 Å². The van der Waals surface area contributed by atoms with Crippen molar-refractivity contribution < 1.29 is 35.1 Å². The molecule has 2 aliphatic heterocycles. The second kappa shape index (κ2) is 8.64. The molecule has 0 fully saturated rings. The molecule has 12 heteroatoms. The standard InChI is InChI=1S/C10F8.C6H4S4/c11-3-1-2(5(13)9(17)7(3)15)6(14)10(18)8(16)4(1)12;1-2-8-5(7-1)6-9-3-4-10-6/h;1-4H. The zero-order valence-corrected chi connectivity index (χ0v) is 16.2. The number of benzene rings is 2. The van der Waals surface area contributed by atoms with Crippen molar-refractivity contribution in [3.63, 3.8) is 0 Å². The van der Waals surface area contributed by atoms with E-state index in [-0.39, 0.29) is 0 Å². The molecule has 0 radical (unpaired) electrons. The molecule has 2 aromatic carbocycles. The van der Waals surface area contributed by atoms with E-state index < -0.39 is 57.3 Å². The highest BCUT2D eigenvalue weighted by Crippen LogP contribution is 2.50. The molecule has 28 heavy (non-hydrogen) atoms. The highest BCUT2D eigenvalue weighted by atomic mass is 32.2. The van der Waals surface area contributed by atoms with Crippen LogP contribution in [0.1, 0.15) is 0 Å². The van der Waals surface area contributed by atoms with E-state index in [2.05, 4.69) is 21.6 Å². The van der Waals surface area contributed by atoms with Gasteiger partial charge in [-0.05, 0) is 21.6 Å². The first-order valence-electron chi connectivity index (χ1n) is 6.94. The van der Waals surface area contributed by atoms with Crippen molar-refractivity contribution in [1.82, 2.24) is 0 Å². The van der Waals surface area contributed by atoms with Gasteiger partial charge in [0.25, 0.3) is 0 Å². The maximum atomic E-state index is 13.1. The van der Waals surface area contributed by atoms with Gasteiger partial charge in [-0.15, -0.1) is 0 Å². The Hall–Kier alpha value is -1.24. The molecule has 0 aliphatic carbocycles. The number of rotatable bonds is 0. The summed E-state index contributed by atoms with van der Waals surface area (Å²) >= 11 is 7.28. The third kappa shape index (κ3) is 3.79. The molecule has 0 unspecified atom stereocenters. The van der Waals surface area contributed by atoms with Crippen molar-refractivity contribution in [2.24, 2.45) is 0 Å². The van der Waals surface area contributed by atoms with Gasteiger partial charge >= 0.3 is 0 Å². The molecule has 0 N–H and O–H groups in total. The Morgan fingerprint density at radius 1 is 0.357 bits per heavy atom. The topological polar surface area (TPSA) is 0 Å². The smallest absolute Gasteiger partial charge is 0.198 e. The third-order valence-electron chi connectivity index (χ3n) is 3.26. The molecule has 0 atom stereocenters. The molecule has 2 aromatic rings. The summed E-state index contributed by atoms with van der Waals surface area (Å²) in [6, 6.07) is 0. The summed E-state index contributed by atoms with van der Waals surface area (Å²) in [5.74, 6) is -19.2. The van der Waals surface area contributed by atoms with Gasteiger partial charge in [-0.1, -0.05) is 47.0 Å². The quantitative estimate of drug-likeness (QED) is 0.215. The van der Waals surface area contributed by atoms with Crippen molar-refractivity contribution in [3.05, 3.63) is 76.6 Å². The molecule has 0 spiro atoms. The summed E-state index contributed by atoms with van der Waals surface area (Å²) in [7, 11) is 0. The molecule has 0 aromatic heterocycles. The summed E-state index contributed by atoms with van der Waals surface area (Å²) in [5, 5.41) is 4.86. The molecule has 0 saturated heterocycles. The van der Waals surface area contributed by atoms with Crippen LogP contribution < -0.4 is 0 Å². The SMILES string of the molecule is C1=CSC(=C2SC=CS2)S1.Fc1c(F)c(F)c2c(F)c(F)c(F)c(F)c2c1F. The molecule has 2 heterocycles. The second-order valence-electron chi connectivity index (χ2n) is 4.85. The number of thioether (sulfide) groups is 4. The molecule has 2 aliphatic rings. The van der Waals surface area contributed by atoms with E-state index in [4.69, 9.17) is 0 Å². The first-order chi connectivity index (χ1) is 13.3. The van der Waals surface area contributed by atoms with Crippen molar-refractivity contribution in [2.45, 2.75) is 0 Å². The minimum atomic E-state index is -2.45. The molecular weight excluding hydrogens is 472 g/mol. The van der Waals surface area contributed by atoms with Crippen LogP contribution in [-0.2, 0) is 0 Å². The van der Waals surface area contributed by atoms with E-state index in [1.165, 1.54) is 8.47 Å². The molecule has 0 bridgehead atoms. The summed E-state index contributed by atoms with van der Waals surface area (Å²) in [5.41, 5.74) is 0. The summed E-state index contributed by atoms with van der Waals surface area (Å²) < 4.78 is 106. The predicted octanol–water partition coefficient (Wildman–Crippen LogP) is 7.97. The number of fused-ring (bicyclic) bond motifs is 1. The largest absolute Gasteiger partial charge is 0.203 e. The van der Waals surface area contributed by atoms with Crippen LogP contribution in [0.4, 0.5) is 35.1 Å². The Labute approximate surface area is 169 Å². The molecule has 4 rings (SSSR count). The van der Waals surface area contributed by atoms with Crippen molar-refractivity contribution in [3.8, 4) is 0 Å². The van der Waals surface area contributed by atoms with Gasteiger partial charge in [0, 0.05) is 0 Å². The van der Waals surface area contributed by atoms with Crippen LogP contribution >= 0.6 is 47.0 Å². The van der Waals surface area contributed by atoms with Crippen LogP contribution in [0.3, 0.4) is 0 Å². The van der Waals surface area contributed by atoms with E-state index in [9.17, 15) is 35.1 Å². The van der Waals surface area contributed by atoms with E-state index in [0.29, 0.717) is 0 Å². The Morgan fingerprint density at radius 3 is 0.786 bits per heavy atom. The molecule has 0 nitrogen and oxygen atoms in total. The lowest BCUT2D eigenvalue weighted by molar-refractivity contribution is 0.395. The predicted molar refractivity (Wildman–Crippen MR) is 99.3 cm³/mol. The van der Waals surface area contributed by atoms with E-state index >= 15 is 0 Å². The van der Waals surface area contributed by atoms with Gasteiger partial charge in [0.05, 0.1) is 19.2 Å². The zero-order valence-electron chi connectivity index (χ0n) is 13.0. The Morgan fingerprint density at radius 2 is 0.571 bits per heavy atom. The highest BCUT2D eigenvalue weighted by Gasteiger charge is 2.30. The lowest BCUT2D eigenvalue weighted by atomic mass is 10.1. The van der Waals surface area contributed by atoms with Crippen molar-refractivity contribution in [1.29, 1.82) is 0 Å². The average molecular weight is 476 g/mol. The Balaban J connectivity index is 0.000000188. The zero-order chi connectivity index (χ0) is 20.6. The fraction of sp³-hybridized carbons (Fsp3) is 0. The van der Waals surface area contributed by atoms with Gasteiger partial charge in [0.2, 0.25) is 0 Å². The van der Waals surface area contributed by atoms with Gasteiger partial charge < -0.3 is 0 Å². The van der Waals surface area contributed by atoms with Gasteiger partial charge in [0.1, 0.15) is 0 Å². The van der Waals surface area contributed by atoms with Crippen LogP contribution in [0.2, 0.25) is 0 Å². The van der Waals surface area contributed by atoms with Crippen LogP contribution in [0.25, 0.3) is 10.8 Å². The summed E-state index contributed by atoms with van der Waals surface area (Å²) in [4.78, 5) is 0. The maximum Gasteiger partial charge on any atom is 0.198 e. The average Bonchev–Trinajstić information content (AvgIpc) is 3.39. The molecule has 0 amide bonds. The lowest BCUT2D eigenvalue weighted by Gasteiger charge is -2.08. The van der Waals surface area contributed by atoms with Crippen LogP contribution in [-0.4, -0.2) is 0 Å². The van der Waals surface area contributed by atoms with Crippen LogP contribution in [0.15, 0.2) is 30.1 Å². The van der Waals surface area contributed by atoms with Gasteiger partial charge in [-0.2, -0.15) is 0 Å². The summed E-state index contributed by atoms with van der Waals surface area (Å²) in [6.07, 6.45) is 0. The van der Waals surface area contributed by atoms with Crippen LogP contribution in [0, 0.1) is 46.5 Å². The minimum Gasteiger partial charge on any atom is -0.203 e. The van der Waals surface area contributed by atoms with E-state index in [1.54, 1.807) is 0 Å². The normalized spacial score (nSPS) is 15.6. The van der Waals surface area contributed by atoms with E-state index in [0.717, 1.165) is 0 Å². The molecule has 148 valence electrons. The highest BCUT2D eigenvalue weighted by molar-refractivity contribution is 8.33. The molecular formula is C16H4F8S4. The van der Waals surface area contributed by atoms with Crippen molar-refractivity contribution in [2.75, 3.05) is 0 Å². The number of hydrogen-bond donors (Lipinski definition) is 0. The fourth-order valence-corrected chi connectivity index (χ4v) is 6.10. The first kappa shape index (κ1) is 21.5. The summed E-state index contributed by atoms with van der Waals surface area (Å²) in [6.45, 7) is 0. The molecule has 0 saturated carbocycles. The Bertz CT molecular complexity index is 904. The lowest BCUT2D eigenvalue weighted by Crippen LogP contribution is -2.06. The maximum absolute atomic E-state index is 13.1. The fourth-order valence-electron chi connectivity index (χ4n) is 2.06.